The largest absolute Gasteiger partial charge is 0.497 e. The van der Waals surface area contributed by atoms with Gasteiger partial charge in [0.1, 0.15) is 11.5 Å². The normalized spacial score (nSPS) is 26.2. The van der Waals surface area contributed by atoms with E-state index in [0.717, 1.165) is 19.3 Å². The van der Waals surface area contributed by atoms with Gasteiger partial charge in [0.05, 0.1) is 30.6 Å². The van der Waals surface area contributed by atoms with E-state index in [0.29, 0.717) is 23.0 Å². The fraction of sp³-hybridized carbons (Fsp3) is 0.407. The van der Waals surface area contributed by atoms with Crippen LogP contribution in [-0.4, -0.2) is 37.3 Å². The SMILES string of the molecule is COc1cccc(N2CC(C(=O)Oc3cccc(N4C(=O)C5CCC(C)CC5C4=O)c3)CC2=O)c1. The van der Waals surface area contributed by atoms with Crippen LogP contribution < -0.4 is 19.3 Å². The van der Waals surface area contributed by atoms with E-state index < -0.39 is 11.9 Å². The fourth-order valence-corrected chi connectivity index (χ4v) is 5.42. The molecule has 0 spiro atoms. The van der Waals surface area contributed by atoms with Crippen LogP contribution in [0.3, 0.4) is 0 Å². The standard InChI is InChI=1S/C27H28N2O6/c1-16-9-10-22-23(11-16)26(32)29(25(22)31)19-6-4-8-21(14-19)35-27(33)17-12-24(30)28(15-17)18-5-3-7-20(13-18)34-2/h3-8,13-14,16-17,22-23H,9-12,15H2,1-2H3. The Morgan fingerprint density at radius 3 is 2.37 bits per heavy atom. The lowest BCUT2D eigenvalue weighted by atomic mass is 9.76. The van der Waals surface area contributed by atoms with Crippen LogP contribution in [0.2, 0.25) is 0 Å². The van der Waals surface area contributed by atoms with Crippen LogP contribution in [0, 0.1) is 23.7 Å². The number of nitrogens with zero attached hydrogens (tertiary/aromatic N) is 2. The van der Waals surface area contributed by atoms with Gasteiger partial charge in [0.15, 0.2) is 0 Å². The molecule has 0 aromatic heterocycles. The van der Waals surface area contributed by atoms with Crippen molar-refractivity contribution in [3.8, 4) is 11.5 Å². The molecule has 0 bridgehead atoms. The van der Waals surface area contributed by atoms with Crippen LogP contribution >= 0.6 is 0 Å². The smallest absolute Gasteiger partial charge is 0.316 e. The Hall–Kier alpha value is -3.68. The number of esters is 1. The number of rotatable bonds is 5. The van der Waals surface area contributed by atoms with Crippen LogP contribution in [0.15, 0.2) is 48.5 Å². The molecule has 1 saturated carbocycles. The number of carbonyl (C=O) groups is 4. The molecule has 2 heterocycles. The molecule has 5 rings (SSSR count). The molecule has 3 amide bonds. The maximum Gasteiger partial charge on any atom is 0.316 e. The van der Waals surface area contributed by atoms with Crippen molar-refractivity contribution in [1.82, 2.24) is 0 Å². The topological polar surface area (TPSA) is 93.2 Å². The number of benzene rings is 2. The predicted octanol–water partition coefficient (Wildman–Crippen LogP) is 3.58. The summed E-state index contributed by atoms with van der Waals surface area (Å²) in [5.41, 5.74) is 1.07. The molecule has 4 atom stereocenters. The van der Waals surface area contributed by atoms with Gasteiger partial charge in [0.2, 0.25) is 17.7 Å². The summed E-state index contributed by atoms with van der Waals surface area (Å²) in [6, 6.07) is 13.6. The summed E-state index contributed by atoms with van der Waals surface area (Å²) in [7, 11) is 1.55. The molecule has 8 nitrogen and oxygen atoms in total. The predicted molar refractivity (Wildman–Crippen MR) is 128 cm³/mol. The first-order chi connectivity index (χ1) is 16.9. The Labute approximate surface area is 203 Å². The highest BCUT2D eigenvalue weighted by atomic mass is 16.5. The maximum absolute atomic E-state index is 13.0. The molecule has 2 saturated heterocycles. The van der Waals surface area contributed by atoms with E-state index in [1.165, 1.54) is 4.90 Å². The molecular weight excluding hydrogens is 448 g/mol. The number of hydrogen-bond acceptors (Lipinski definition) is 6. The maximum atomic E-state index is 13.0. The van der Waals surface area contributed by atoms with Gasteiger partial charge in [-0.2, -0.15) is 0 Å². The summed E-state index contributed by atoms with van der Waals surface area (Å²) in [6.07, 6.45) is 2.43. The number of hydrogen-bond donors (Lipinski definition) is 0. The van der Waals surface area contributed by atoms with Crippen molar-refractivity contribution in [3.05, 3.63) is 48.5 Å². The second-order valence-electron chi connectivity index (χ2n) is 9.67. The van der Waals surface area contributed by atoms with Gasteiger partial charge >= 0.3 is 5.97 Å². The van der Waals surface area contributed by atoms with Gasteiger partial charge in [0, 0.05) is 30.8 Å². The monoisotopic (exact) mass is 476 g/mol. The minimum atomic E-state index is -0.628. The molecule has 4 unspecified atom stereocenters. The van der Waals surface area contributed by atoms with Crippen molar-refractivity contribution >= 4 is 35.1 Å². The fourth-order valence-electron chi connectivity index (χ4n) is 5.42. The molecule has 3 fully saturated rings. The Morgan fingerprint density at radius 2 is 1.60 bits per heavy atom. The van der Waals surface area contributed by atoms with Crippen molar-refractivity contribution < 1.29 is 28.7 Å². The Kier molecular flexibility index (Phi) is 6.05. The van der Waals surface area contributed by atoms with E-state index in [1.807, 2.05) is 0 Å². The summed E-state index contributed by atoms with van der Waals surface area (Å²) in [5.74, 6) is -0.927. The average Bonchev–Trinajstić information content (AvgIpc) is 3.36. The highest BCUT2D eigenvalue weighted by Gasteiger charge is 2.50. The molecule has 1 aliphatic carbocycles. The summed E-state index contributed by atoms with van der Waals surface area (Å²) in [6.45, 7) is 2.31. The molecule has 8 heteroatoms. The number of amides is 3. The van der Waals surface area contributed by atoms with Gasteiger partial charge in [0.25, 0.3) is 0 Å². The second-order valence-corrected chi connectivity index (χ2v) is 9.67. The molecular formula is C27H28N2O6. The quantitative estimate of drug-likeness (QED) is 0.372. The lowest BCUT2D eigenvalue weighted by Gasteiger charge is -2.25. The van der Waals surface area contributed by atoms with Crippen molar-refractivity contribution in [2.24, 2.45) is 23.7 Å². The van der Waals surface area contributed by atoms with E-state index in [-0.39, 0.29) is 48.3 Å². The Bertz CT molecular complexity index is 1190. The third kappa shape index (κ3) is 4.29. The van der Waals surface area contributed by atoms with Gasteiger partial charge in [-0.25, -0.2) is 4.90 Å². The first-order valence-electron chi connectivity index (χ1n) is 12.0. The first-order valence-corrected chi connectivity index (χ1v) is 12.0. The van der Waals surface area contributed by atoms with Crippen LogP contribution in [-0.2, 0) is 19.2 Å². The number of methoxy groups -OCH3 is 1. The zero-order valence-electron chi connectivity index (χ0n) is 19.8. The summed E-state index contributed by atoms with van der Waals surface area (Å²) in [4.78, 5) is 54.3. The number of anilines is 2. The van der Waals surface area contributed by atoms with Crippen LogP contribution in [0.25, 0.3) is 0 Å². The Balaban J connectivity index is 1.28. The van der Waals surface area contributed by atoms with Gasteiger partial charge in [-0.05, 0) is 49.4 Å². The molecule has 2 aliphatic heterocycles. The highest BCUT2D eigenvalue weighted by Crippen LogP contribution is 2.42. The summed E-state index contributed by atoms with van der Waals surface area (Å²) in [5, 5.41) is 0. The lowest BCUT2D eigenvalue weighted by Crippen LogP contribution is -2.31. The van der Waals surface area contributed by atoms with Gasteiger partial charge < -0.3 is 14.4 Å². The van der Waals surface area contributed by atoms with Crippen LogP contribution in [0.4, 0.5) is 11.4 Å². The summed E-state index contributed by atoms with van der Waals surface area (Å²) < 4.78 is 10.8. The minimum Gasteiger partial charge on any atom is -0.497 e. The van der Waals surface area contributed by atoms with Crippen molar-refractivity contribution in [2.45, 2.75) is 32.6 Å². The lowest BCUT2D eigenvalue weighted by molar-refractivity contribution is -0.139. The third-order valence-corrected chi connectivity index (χ3v) is 7.31. The molecule has 0 N–H and O–H groups in total. The first kappa shape index (κ1) is 23.1. The number of ether oxygens (including phenoxy) is 2. The van der Waals surface area contributed by atoms with Crippen molar-refractivity contribution in [1.29, 1.82) is 0 Å². The van der Waals surface area contributed by atoms with E-state index in [2.05, 4.69) is 6.92 Å². The number of carbonyl (C=O) groups excluding carboxylic acids is 4. The average molecular weight is 477 g/mol. The molecule has 3 aliphatic rings. The van der Waals surface area contributed by atoms with Gasteiger partial charge in [-0.1, -0.05) is 19.1 Å². The highest BCUT2D eigenvalue weighted by molar-refractivity contribution is 6.22. The number of imide groups is 1. The van der Waals surface area contributed by atoms with E-state index in [1.54, 1.807) is 60.5 Å². The minimum absolute atomic E-state index is 0.0420. The van der Waals surface area contributed by atoms with Crippen LogP contribution in [0.5, 0.6) is 11.5 Å². The zero-order valence-corrected chi connectivity index (χ0v) is 19.8. The Morgan fingerprint density at radius 1 is 0.914 bits per heavy atom. The van der Waals surface area contributed by atoms with E-state index >= 15 is 0 Å². The van der Waals surface area contributed by atoms with Crippen molar-refractivity contribution in [2.75, 3.05) is 23.5 Å². The second kappa shape index (κ2) is 9.17. The summed E-state index contributed by atoms with van der Waals surface area (Å²) >= 11 is 0. The molecule has 35 heavy (non-hydrogen) atoms. The zero-order chi connectivity index (χ0) is 24.7. The molecule has 182 valence electrons. The van der Waals surface area contributed by atoms with Crippen molar-refractivity contribution in [3.63, 3.8) is 0 Å². The molecule has 2 aromatic carbocycles. The van der Waals surface area contributed by atoms with E-state index in [9.17, 15) is 19.2 Å². The van der Waals surface area contributed by atoms with Crippen LogP contribution in [0.1, 0.15) is 32.6 Å². The van der Waals surface area contributed by atoms with E-state index in [4.69, 9.17) is 9.47 Å². The van der Waals surface area contributed by atoms with Gasteiger partial charge in [-0.15, -0.1) is 0 Å². The number of fused-ring (bicyclic) bond motifs is 1. The van der Waals surface area contributed by atoms with Gasteiger partial charge in [-0.3, -0.25) is 19.2 Å². The third-order valence-electron chi connectivity index (χ3n) is 7.31. The molecule has 2 aromatic rings. The molecule has 0 radical (unpaired) electrons.